The van der Waals surface area contributed by atoms with Crippen molar-refractivity contribution in [3.05, 3.63) is 71.8 Å². The lowest BCUT2D eigenvalue weighted by Crippen LogP contribution is -2.34. The van der Waals surface area contributed by atoms with Crippen LogP contribution >= 0.6 is 0 Å². The van der Waals surface area contributed by atoms with E-state index in [9.17, 15) is 9.59 Å². The first-order valence-electron chi connectivity index (χ1n) is 13.9. The first-order chi connectivity index (χ1) is 17.8. The number of hydrogen-bond donors (Lipinski definition) is 2. The van der Waals surface area contributed by atoms with E-state index in [2.05, 4.69) is 96.9 Å². The van der Waals surface area contributed by atoms with Crippen molar-refractivity contribution in [2.75, 3.05) is 40.3 Å². The molecule has 0 aliphatic heterocycles. The molecule has 0 aliphatic carbocycles. The zero-order valence-electron chi connectivity index (χ0n) is 23.4. The van der Waals surface area contributed by atoms with Crippen molar-refractivity contribution in [1.29, 1.82) is 0 Å². The van der Waals surface area contributed by atoms with Crippen LogP contribution < -0.4 is 10.6 Å². The summed E-state index contributed by atoms with van der Waals surface area (Å²) >= 11 is 0. The standard InChI is InChI=1S/C31H48N4O2/c1-26(23-28-15-7-5-8-16-28)34(3)21-13-11-19-32-30(36)25-31(37)33-20-12-14-22-35(4)27(2)24-29-17-9-6-10-18-29/h5-10,15-18,26-27H,11-14,19-25H2,1-4H3,(H,32,36)(H,33,37)/t26-,27-/m0/s1. The van der Waals surface area contributed by atoms with Crippen LogP contribution in [0.3, 0.4) is 0 Å². The minimum atomic E-state index is -0.197. The van der Waals surface area contributed by atoms with Crippen molar-refractivity contribution in [2.24, 2.45) is 0 Å². The van der Waals surface area contributed by atoms with Crippen molar-refractivity contribution >= 4 is 11.8 Å². The molecule has 0 bridgehead atoms. The summed E-state index contributed by atoms with van der Waals surface area (Å²) in [7, 11) is 4.31. The molecule has 6 nitrogen and oxygen atoms in total. The fourth-order valence-electron chi connectivity index (χ4n) is 4.36. The van der Waals surface area contributed by atoms with Gasteiger partial charge in [0.15, 0.2) is 0 Å². The number of benzene rings is 2. The summed E-state index contributed by atoms with van der Waals surface area (Å²) in [6, 6.07) is 22.0. The molecule has 0 heterocycles. The second-order valence-electron chi connectivity index (χ2n) is 10.3. The number of hydrogen-bond acceptors (Lipinski definition) is 4. The highest BCUT2D eigenvalue weighted by Gasteiger charge is 2.12. The molecule has 37 heavy (non-hydrogen) atoms. The minimum Gasteiger partial charge on any atom is -0.356 e. The molecule has 2 rings (SSSR count). The summed E-state index contributed by atoms with van der Waals surface area (Å²) in [6.45, 7) is 7.70. The zero-order chi connectivity index (χ0) is 26.9. The summed E-state index contributed by atoms with van der Waals surface area (Å²) in [6.07, 6.45) is 5.82. The SMILES string of the molecule is C[C@@H](Cc1ccccc1)N(C)CCCCNC(=O)CC(=O)NCCCCN(C)[C@@H](C)Cc1ccccc1. The molecule has 2 atom stereocenters. The first kappa shape index (κ1) is 30.5. The summed E-state index contributed by atoms with van der Waals surface area (Å²) in [5.74, 6) is -0.393. The molecule has 0 fully saturated rings. The second-order valence-corrected chi connectivity index (χ2v) is 10.3. The topological polar surface area (TPSA) is 64.7 Å². The van der Waals surface area contributed by atoms with Crippen molar-refractivity contribution in [1.82, 2.24) is 20.4 Å². The summed E-state index contributed by atoms with van der Waals surface area (Å²) in [5.41, 5.74) is 2.71. The van der Waals surface area contributed by atoms with Gasteiger partial charge in [-0.05, 0) is 90.7 Å². The summed E-state index contributed by atoms with van der Waals surface area (Å²) in [5, 5.41) is 5.76. The molecule has 0 saturated carbocycles. The largest absolute Gasteiger partial charge is 0.356 e. The van der Waals surface area contributed by atoms with Gasteiger partial charge in [0, 0.05) is 25.2 Å². The number of carbonyl (C=O) groups excluding carboxylic acids is 2. The fraction of sp³-hybridized carbons (Fsp3) is 0.548. The molecule has 0 aliphatic rings. The lowest BCUT2D eigenvalue weighted by molar-refractivity contribution is -0.129. The average molecular weight is 509 g/mol. The Labute approximate surface area is 224 Å². The van der Waals surface area contributed by atoms with Gasteiger partial charge in [-0.1, -0.05) is 60.7 Å². The molecule has 2 N–H and O–H groups in total. The van der Waals surface area contributed by atoms with Gasteiger partial charge in [-0.15, -0.1) is 0 Å². The molecule has 204 valence electrons. The predicted molar refractivity (Wildman–Crippen MR) is 154 cm³/mol. The maximum atomic E-state index is 12.1. The lowest BCUT2D eigenvalue weighted by Gasteiger charge is -2.24. The first-order valence-corrected chi connectivity index (χ1v) is 13.9. The number of amides is 2. The van der Waals surface area contributed by atoms with Crippen LogP contribution in [0, 0.1) is 0 Å². The quantitative estimate of drug-likeness (QED) is 0.233. The van der Waals surface area contributed by atoms with Gasteiger partial charge in [0.2, 0.25) is 11.8 Å². The Bertz CT molecular complexity index is 817. The Balaban J connectivity index is 1.46. The minimum absolute atomic E-state index is 0.0952. The van der Waals surface area contributed by atoms with E-state index in [1.165, 1.54) is 11.1 Å². The molecule has 2 amide bonds. The monoisotopic (exact) mass is 508 g/mol. The van der Waals surface area contributed by atoms with E-state index in [1.807, 2.05) is 12.1 Å². The highest BCUT2D eigenvalue weighted by atomic mass is 16.2. The van der Waals surface area contributed by atoms with E-state index in [0.717, 1.165) is 51.6 Å². The van der Waals surface area contributed by atoms with Crippen LogP contribution in [-0.2, 0) is 22.4 Å². The highest BCUT2D eigenvalue weighted by molar-refractivity contribution is 5.96. The van der Waals surface area contributed by atoms with Gasteiger partial charge in [-0.3, -0.25) is 9.59 Å². The van der Waals surface area contributed by atoms with Crippen LogP contribution in [0.25, 0.3) is 0 Å². The van der Waals surface area contributed by atoms with Crippen LogP contribution in [0.2, 0.25) is 0 Å². The van der Waals surface area contributed by atoms with Gasteiger partial charge in [-0.2, -0.15) is 0 Å². The second kappa shape index (κ2) is 17.7. The third-order valence-electron chi connectivity index (χ3n) is 7.09. The van der Waals surface area contributed by atoms with Gasteiger partial charge >= 0.3 is 0 Å². The van der Waals surface area contributed by atoms with E-state index in [4.69, 9.17) is 0 Å². The average Bonchev–Trinajstić information content (AvgIpc) is 2.89. The van der Waals surface area contributed by atoms with Crippen molar-refractivity contribution < 1.29 is 9.59 Å². The number of carbonyl (C=O) groups is 2. The number of nitrogens with zero attached hydrogens (tertiary/aromatic N) is 2. The highest BCUT2D eigenvalue weighted by Crippen LogP contribution is 2.09. The Morgan fingerprint density at radius 3 is 1.41 bits per heavy atom. The summed E-state index contributed by atoms with van der Waals surface area (Å²) < 4.78 is 0. The van der Waals surface area contributed by atoms with E-state index in [1.54, 1.807) is 0 Å². The maximum Gasteiger partial charge on any atom is 0.229 e. The van der Waals surface area contributed by atoms with Gasteiger partial charge in [0.25, 0.3) is 0 Å². The fourth-order valence-corrected chi connectivity index (χ4v) is 4.36. The van der Waals surface area contributed by atoms with Crippen molar-refractivity contribution in [3.8, 4) is 0 Å². The normalized spacial score (nSPS) is 12.9. The van der Waals surface area contributed by atoms with Gasteiger partial charge in [0.05, 0.1) is 0 Å². The number of likely N-dealkylation sites (N-methyl/N-ethyl adjacent to an activating group) is 2. The third-order valence-corrected chi connectivity index (χ3v) is 7.09. The molecule has 2 aromatic rings. The molecule has 0 saturated heterocycles. The van der Waals surface area contributed by atoms with E-state index in [0.29, 0.717) is 25.2 Å². The number of unbranched alkanes of at least 4 members (excludes halogenated alkanes) is 2. The third kappa shape index (κ3) is 13.4. The smallest absolute Gasteiger partial charge is 0.229 e. The van der Waals surface area contributed by atoms with Crippen LogP contribution in [-0.4, -0.2) is 74.0 Å². The van der Waals surface area contributed by atoms with Crippen LogP contribution in [0.15, 0.2) is 60.7 Å². The molecule has 6 heteroatoms. The van der Waals surface area contributed by atoms with Crippen LogP contribution in [0.5, 0.6) is 0 Å². The van der Waals surface area contributed by atoms with E-state index in [-0.39, 0.29) is 18.2 Å². The van der Waals surface area contributed by atoms with Crippen LogP contribution in [0.1, 0.15) is 57.1 Å². The number of rotatable bonds is 18. The van der Waals surface area contributed by atoms with E-state index < -0.39 is 0 Å². The van der Waals surface area contributed by atoms with Crippen molar-refractivity contribution in [3.63, 3.8) is 0 Å². The lowest BCUT2D eigenvalue weighted by atomic mass is 10.1. The molecular formula is C31H48N4O2. The zero-order valence-corrected chi connectivity index (χ0v) is 23.4. The molecule has 0 aromatic heterocycles. The maximum absolute atomic E-state index is 12.1. The Morgan fingerprint density at radius 2 is 1.03 bits per heavy atom. The molecule has 2 aromatic carbocycles. The Hall–Kier alpha value is -2.70. The van der Waals surface area contributed by atoms with Gasteiger partial charge in [-0.25, -0.2) is 0 Å². The molecule has 0 spiro atoms. The molecule has 0 unspecified atom stereocenters. The summed E-state index contributed by atoms with van der Waals surface area (Å²) in [4.78, 5) is 28.9. The predicted octanol–water partition coefficient (Wildman–Crippen LogP) is 4.30. The Kier molecular flexibility index (Phi) is 14.6. The van der Waals surface area contributed by atoms with Crippen molar-refractivity contribution in [2.45, 2.75) is 70.9 Å². The van der Waals surface area contributed by atoms with E-state index >= 15 is 0 Å². The number of nitrogens with one attached hydrogen (secondary N) is 2. The van der Waals surface area contributed by atoms with Crippen LogP contribution in [0.4, 0.5) is 0 Å². The Morgan fingerprint density at radius 1 is 0.649 bits per heavy atom. The molecular weight excluding hydrogens is 460 g/mol. The van der Waals surface area contributed by atoms with Gasteiger partial charge in [0.1, 0.15) is 6.42 Å². The molecule has 0 radical (unpaired) electrons. The van der Waals surface area contributed by atoms with Gasteiger partial charge < -0.3 is 20.4 Å².